The van der Waals surface area contributed by atoms with E-state index in [0.717, 1.165) is 24.4 Å². The highest BCUT2D eigenvalue weighted by molar-refractivity contribution is 6.04. The van der Waals surface area contributed by atoms with Crippen molar-refractivity contribution in [2.45, 2.75) is 31.8 Å². The smallest absolute Gasteiger partial charge is 0.255 e. The maximum atomic E-state index is 14.1. The summed E-state index contributed by atoms with van der Waals surface area (Å²) >= 11 is 0. The van der Waals surface area contributed by atoms with Gasteiger partial charge in [-0.05, 0) is 37.1 Å². The molecule has 0 bridgehead atoms. The van der Waals surface area contributed by atoms with Crippen LogP contribution in [0.2, 0.25) is 0 Å². The Morgan fingerprint density at radius 3 is 2.81 bits per heavy atom. The molecule has 5 nitrogen and oxygen atoms in total. The average molecular weight is 370 g/mol. The first-order valence-corrected chi connectivity index (χ1v) is 9.29. The first kappa shape index (κ1) is 17.8. The van der Waals surface area contributed by atoms with Crippen molar-refractivity contribution >= 4 is 11.6 Å². The first-order valence-electron chi connectivity index (χ1n) is 9.29. The second kappa shape index (κ2) is 7.56. The van der Waals surface area contributed by atoms with Crippen molar-refractivity contribution in [2.24, 2.45) is 0 Å². The minimum absolute atomic E-state index is 0.118. The maximum absolute atomic E-state index is 14.1. The molecular weight excluding hydrogens is 347 g/mol. The molecule has 1 heterocycles. The Balaban J connectivity index is 1.49. The molecule has 0 unspecified atom stereocenters. The van der Waals surface area contributed by atoms with Crippen molar-refractivity contribution < 1.29 is 18.7 Å². The Labute approximate surface area is 158 Å². The molecule has 1 N–H and O–H groups in total. The van der Waals surface area contributed by atoms with Crippen molar-refractivity contribution in [2.75, 3.05) is 25.6 Å². The fourth-order valence-corrected chi connectivity index (χ4v) is 3.51. The number of hydrogen-bond donors (Lipinski definition) is 1. The molecule has 0 aromatic heterocycles. The Hall–Kier alpha value is -2.60. The molecule has 0 radical (unpaired) electrons. The molecule has 4 rings (SSSR count). The van der Waals surface area contributed by atoms with Gasteiger partial charge in [0.2, 0.25) is 0 Å². The summed E-state index contributed by atoms with van der Waals surface area (Å²) in [6, 6.07) is 10.4. The number of carbonyl (C=O) groups excluding carboxylic acids is 1. The van der Waals surface area contributed by atoms with Crippen LogP contribution in [0.25, 0.3) is 0 Å². The molecule has 2 aliphatic rings. The van der Waals surface area contributed by atoms with Crippen LogP contribution in [-0.2, 0) is 6.54 Å². The van der Waals surface area contributed by atoms with E-state index >= 15 is 0 Å². The zero-order valence-corrected chi connectivity index (χ0v) is 15.3. The summed E-state index contributed by atoms with van der Waals surface area (Å²) in [6.07, 6.45) is 3.81. The van der Waals surface area contributed by atoms with Gasteiger partial charge in [-0.15, -0.1) is 0 Å². The maximum Gasteiger partial charge on any atom is 0.255 e. The lowest BCUT2D eigenvalue weighted by Gasteiger charge is -2.36. The van der Waals surface area contributed by atoms with Gasteiger partial charge < -0.3 is 14.8 Å². The topological polar surface area (TPSA) is 50.8 Å². The number of hydrogen-bond acceptors (Lipinski definition) is 4. The van der Waals surface area contributed by atoms with E-state index in [1.165, 1.54) is 38.5 Å². The van der Waals surface area contributed by atoms with Crippen LogP contribution in [0.1, 0.15) is 35.2 Å². The number of rotatable bonds is 4. The van der Waals surface area contributed by atoms with E-state index in [2.05, 4.69) is 10.2 Å². The average Bonchev–Trinajstić information content (AvgIpc) is 2.83. The van der Waals surface area contributed by atoms with Gasteiger partial charge in [0.05, 0.1) is 12.8 Å². The molecule has 1 saturated carbocycles. The minimum atomic E-state index is -0.537. The van der Waals surface area contributed by atoms with Gasteiger partial charge in [-0.25, -0.2) is 4.39 Å². The van der Waals surface area contributed by atoms with Gasteiger partial charge in [-0.1, -0.05) is 12.5 Å². The number of fused-ring (bicyclic) bond motifs is 1. The van der Waals surface area contributed by atoms with Gasteiger partial charge in [0, 0.05) is 36.3 Å². The van der Waals surface area contributed by atoms with Gasteiger partial charge in [0.1, 0.15) is 23.9 Å². The molecule has 1 aliphatic heterocycles. The van der Waals surface area contributed by atoms with E-state index in [-0.39, 0.29) is 11.6 Å². The Morgan fingerprint density at radius 2 is 2.11 bits per heavy atom. The predicted molar refractivity (Wildman–Crippen MR) is 101 cm³/mol. The Bertz CT molecular complexity index is 851. The number of methoxy groups -OCH3 is 1. The zero-order chi connectivity index (χ0) is 18.8. The molecule has 27 heavy (non-hydrogen) atoms. The molecule has 1 fully saturated rings. The largest absolute Gasteiger partial charge is 0.497 e. The first-order chi connectivity index (χ1) is 13.1. The van der Waals surface area contributed by atoms with Crippen LogP contribution in [0.3, 0.4) is 0 Å². The summed E-state index contributed by atoms with van der Waals surface area (Å²) in [6.45, 7) is 2.36. The van der Waals surface area contributed by atoms with E-state index in [4.69, 9.17) is 9.47 Å². The standard InChI is InChI=1S/C21H23FN2O3/c1-26-17-7-8-19(18(22)12-17)23-21(25)14-5-6-15-13-24(16-3-2-4-16)9-10-27-20(15)11-14/h5-8,11-12,16H,2-4,9-10,13H2,1H3,(H,23,25). The SMILES string of the molecule is COc1ccc(NC(=O)c2ccc3c(c2)OCCN(C2CCC2)C3)c(F)c1. The molecule has 1 amide bonds. The summed E-state index contributed by atoms with van der Waals surface area (Å²) in [5, 5.41) is 2.61. The van der Waals surface area contributed by atoms with Crippen LogP contribution in [0.15, 0.2) is 36.4 Å². The van der Waals surface area contributed by atoms with Crippen LogP contribution in [0.5, 0.6) is 11.5 Å². The van der Waals surface area contributed by atoms with Crippen LogP contribution >= 0.6 is 0 Å². The summed E-state index contributed by atoms with van der Waals surface area (Å²) in [4.78, 5) is 15.0. The highest BCUT2D eigenvalue weighted by Gasteiger charge is 2.27. The second-order valence-electron chi connectivity index (χ2n) is 7.03. The third-order valence-corrected chi connectivity index (χ3v) is 5.35. The summed E-state index contributed by atoms with van der Waals surface area (Å²) in [7, 11) is 1.47. The molecule has 0 saturated heterocycles. The molecule has 0 spiro atoms. The van der Waals surface area contributed by atoms with Crippen molar-refractivity contribution in [1.29, 1.82) is 0 Å². The molecule has 0 atom stereocenters. The van der Waals surface area contributed by atoms with Gasteiger partial charge in [-0.3, -0.25) is 9.69 Å². The van der Waals surface area contributed by atoms with Crippen molar-refractivity contribution in [3.63, 3.8) is 0 Å². The van der Waals surface area contributed by atoms with Gasteiger partial charge in [-0.2, -0.15) is 0 Å². The Morgan fingerprint density at radius 1 is 1.26 bits per heavy atom. The number of nitrogens with zero attached hydrogens (tertiary/aromatic N) is 1. The van der Waals surface area contributed by atoms with E-state index < -0.39 is 5.82 Å². The second-order valence-corrected chi connectivity index (χ2v) is 7.03. The van der Waals surface area contributed by atoms with Crippen molar-refractivity contribution in [3.8, 4) is 11.5 Å². The summed E-state index contributed by atoms with van der Waals surface area (Å²) < 4.78 is 24.9. The number of halogens is 1. The Kier molecular flexibility index (Phi) is 4.99. The van der Waals surface area contributed by atoms with Crippen LogP contribution in [0, 0.1) is 5.82 Å². The lowest BCUT2D eigenvalue weighted by molar-refractivity contribution is 0.102. The van der Waals surface area contributed by atoms with E-state index in [9.17, 15) is 9.18 Å². The number of nitrogens with one attached hydrogen (secondary N) is 1. The molecule has 2 aromatic carbocycles. The van der Waals surface area contributed by atoms with Crippen molar-refractivity contribution in [3.05, 3.63) is 53.3 Å². The number of carbonyl (C=O) groups is 1. The molecule has 1 aliphatic carbocycles. The number of anilines is 1. The molecule has 6 heteroatoms. The van der Waals surface area contributed by atoms with Crippen LogP contribution in [-0.4, -0.2) is 37.1 Å². The fourth-order valence-electron chi connectivity index (χ4n) is 3.51. The van der Waals surface area contributed by atoms with E-state index in [1.54, 1.807) is 18.2 Å². The number of benzene rings is 2. The highest BCUT2D eigenvalue weighted by atomic mass is 19.1. The van der Waals surface area contributed by atoms with E-state index in [1.807, 2.05) is 6.07 Å². The number of amides is 1. The number of ether oxygens (including phenoxy) is 2. The molecule has 142 valence electrons. The van der Waals surface area contributed by atoms with Gasteiger partial charge >= 0.3 is 0 Å². The summed E-state index contributed by atoms with van der Waals surface area (Å²) in [5.74, 6) is 0.232. The quantitative estimate of drug-likeness (QED) is 0.889. The van der Waals surface area contributed by atoms with Crippen LogP contribution < -0.4 is 14.8 Å². The van der Waals surface area contributed by atoms with Gasteiger partial charge in [0.15, 0.2) is 0 Å². The third kappa shape index (κ3) is 3.76. The minimum Gasteiger partial charge on any atom is -0.497 e. The molecular formula is C21H23FN2O3. The monoisotopic (exact) mass is 370 g/mol. The summed E-state index contributed by atoms with van der Waals surface area (Å²) in [5.41, 5.74) is 1.65. The van der Waals surface area contributed by atoms with Crippen LogP contribution in [0.4, 0.5) is 10.1 Å². The lowest BCUT2D eigenvalue weighted by atomic mass is 9.91. The fraction of sp³-hybridized carbons (Fsp3) is 0.381. The predicted octanol–water partition coefficient (Wildman–Crippen LogP) is 3.83. The lowest BCUT2D eigenvalue weighted by Crippen LogP contribution is -2.40. The normalized spacial score (nSPS) is 17.3. The highest BCUT2D eigenvalue weighted by Crippen LogP contribution is 2.31. The third-order valence-electron chi connectivity index (χ3n) is 5.35. The van der Waals surface area contributed by atoms with Crippen molar-refractivity contribution in [1.82, 2.24) is 4.90 Å². The zero-order valence-electron chi connectivity index (χ0n) is 15.3. The molecule has 2 aromatic rings. The van der Waals surface area contributed by atoms with Gasteiger partial charge in [0.25, 0.3) is 5.91 Å². The van der Waals surface area contributed by atoms with E-state index in [0.29, 0.717) is 24.0 Å².